The van der Waals surface area contributed by atoms with Gasteiger partial charge in [0.25, 0.3) is 5.91 Å². The van der Waals surface area contributed by atoms with E-state index in [9.17, 15) is 4.79 Å². The topological polar surface area (TPSA) is 42.0 Å². The largest absolute Gasteiger partial charge is 0.307 e. The molecule has 0 aliphatic heterocycles. The Morgan fingerprint density at radius 2 is 2.11 bits per heavy atom. The highest BCUT2D eigenvalue weighted by molar-refractivity contribution is 14.1. The van der Waals surface area contributed by atoms with E-state index in [1.807, 2.05) is 25.1 Å². The van der Waals surface area contributed by atoms with Crippen LogP contribution in [0.2, 0.25) is 5.02 Å². The zero-order chi connectivity index (χ0) is 13.1. The van der Waals surface area contributed by atoms with Gasteiger partial charge in [-0.25, -0.2) is 4.98 Å². The molecule has 0 atom stereocenters. The Labute approximate surface area is 124 Å². The first kappa shape index (κ1) is 13.3. The van der Waals surface area contributed by atoms with Crippen molar-refractivity contribution in [3.8, 4) is 0 Å². The lowest BCUT2D eigenvalue weighted by Crippen LogP contribution is -2.13. The molecule has 2 aromatic rings. The summed E-state index contributed by atoms with van der Waals surface area (Å²) in [5, 5.41) is 3.16. The number of nitrogens with zero attached hydrogens (tertiary/aromatic N) is 1. The predicted octanol–water partition coefficient (Wildman–Crippen LogP) is 3.90. The van der Waals surface area contributed by atoms with E-state index in [4.69, 9.17) is 11.6 Å². The average Bonchev–Trinajstić information content (AvgIpc) is 2.32. The molecule has 0 saturated heterocycles. The van der Waals surface area contributed by atoms with E-state index in [0.717, 1.165) is 9.26 Å². The third-order valence-corrected chi connectivity index (χ3v) is 3.30. The third kappa shape index (κ3) is 3.20. The lowest BCUT2D eigenvalue weighted by Gasteiger charge is -2.07. The van der Waals surface area contributed by atoms with E-state index in [1.165, 1.54) is 0 Å². The molecule has 0 aliphatic carbocycles. The van der Waals surface area contributed by atoms with Crippen molar-refractivity contribution in [3.63, 3.8) is 0 Å². The van der Waals surface area contributed by atoms with Gasteiger partial charge in [-0.2, -0.15) is 0 Å². The fourth-order valence-electron chi connectivity index (χ4n) is 1.47. The first-order chi connectivity index (χ1) is 8.56. The summed E-state index contributed by atoms with van der Waals surface area (Å²) in [4.78, 5) is 16.3. The fraction of sp³-hybridized carbons (Fsp3) is 0.0769. The molecule has 1 amide bonds. The monoisotopic (exact) mass is 372 g/mol. The molecular formula is C13H10ClIN2O. The maximum atomic E-state index is 12.1. The normalized spacial score (nSPS) is 10.2. The van der Waals surface area contributed by atoms with Crippen molar-refractivity contribution in [2.45, 2.75) is 6.92 Å². The van der Waals surface area contributed by atoms with Crippen molar-refractivity contribution in [1.29, 1.82) is 0 Å². The van der Waals surface area contributed by atoms with Crippen LogP contribution in [-0.4, -0.2) is 10.9 Å². The molecule has 2 rings (SSSR count). The SMILES string of the molecule is Cc1cccc(NC(=O)c2cc(I)ccc2Cl)n1. The number of carbonyl (C=O) groups excluding carboxylic acids is 1. The molecule has 0 bridgehead atoms. The molecule has 0 spiro atoms. The number of amides is 1. The fourth-order valence-corrected chi connectivity index (χ4v) is 2.16. The number of hydrogen-bond donors (Lipinski definition) is 1. The Kier molecular flexibility index (Phi) is 4.19. The molecule has 1 aromatic carbocycles. The van der Waals surface area contributed by atoms with Gasteiger partial charge < -0.3 is 5.32 Å². The molecular weight excluding hydrogens is 363 g/mol. The van der Waals surface area contributed by atoms with Gasteiger partial charge in [-0.05, 0) is 59.8 Å². The number of carbonyl (C=O) groups is 1. The highest BCUT2D eigenvalue weighted by atomic mass is 127. The van der Waals surface area contributed by atoms with Crippen LogP contribution in [-0.2, 0) is 0 Å². The molecule has 0 radical (unpaired) electrons. The summed E-state index contributed by atoms with van der Waals surface area (Å²) in [6, 6.07) is 10.8. The van der Waals surface area contributed by atoms with E-state index >= 15 is 0 Å². The Hall–Kier alpha value is -1.14. The first-order valence-corrected chi connectivity index (χ1v) is 6.72. The van der Waals surface area contributed by atoms with Gasteiger partial charge >= 0.3 is 0 Å². The van der Waals surface area contributed by atoms with Crippen molar-refractivity contribution in [2.24, 2.45) is 0 Å². The summed E-state index contributed by atoms with van der Waals surface area (Å²) in [6.07, 6.45) is 0. The Balaban J connectivity index is 2.24. The van der Waals surface area contributed by atoms with Crippen LogP contribution in [0.1, 0.15) is 16.1 Å². The minimum absolute atomic E-state index is 0.253. The summed E-state index contributed by atoms with van der Waals surface area (Å²) >= 11 is 8.14. The average molecular weight is 373 g/mol. The first-order valence-electron chi connectivity index (χ1n) is 5.26. The Morgan fingerprint density at radius 1 is 1.33 bits per heavy atom. The van der Waals surface area contributed by atoms with E-state index in [1.54, 1.807) is 18.2 Å². The molecule has 18 heavy (non-hydrogen) atoms. The number of anilines is 1. The van der Waals surface area contributed by atoms with Crippen molar-refractivity contribution < 1.29 is 4.79 Å². The van der Waals surface area contributed by atoms with Gasteiger partial charge in [0.05, 0.1) is 10.6 Å². The number of benzene rings is 1. The molecule has 0 saturated carbocycles. The molecule has 0 aliphatic rings. The second-order valence-corrected chi connectivity index (χ2v) is 5.40. The van der Waals surface area contributed by atoms with Gasteiger partial charge in [-0.1, -0.05) is 17.7 Å². The van der Waals surface area contributed by atoms with Gasteiger partial charge in [0, 0.05) is 9.26 Å². The lowest BCUT2D eigenvalue weighted by atomic mass is 10.2. The summed E-state index contributed by atoms with van der Waals surface area (Å²) in [7, 11) is 0. The maximum absolute atomic E-state index is 12.1. The van der Waals surface area contributed by atoms with E-state index in [-0.39, 0.29) is 5.91 Å². The Morgan fingerprint density at radius 3 is 2.83 bits per heavy atom. The summed E-state index contributed by atoms with van der Waals surface area (Å²) in [5.41, 5.74) is 1.30. The molecule has 1 aromatic heterocycles. The van der Waals surface area contributed by atoms with E-state index in [2.05, 4.69) is 32.9 Å². The minimum Gasteiger partial charge on any atom is -0.307 e. The number of aromatic nitrogens is 1. The number of nitrogens with one attached hydrogen (secondary N) is 1. The van der Waals surface area contributed by atoms with Crippen LogP contribution < -0.4 is 5.32 Å². The quantitative estimate of drug-likeness (QED) is 0.813. The van der Waals surface area contributed by atoms with Crippen LogP contribution in [0.5, 0.6) is 0 Å². The molecule has 0 fully saturated rings. The van der Waals surface area contributed by atoms with Crippen LogP contribution in [0.3, 0.4) is 0 Å². The van der Waals surface area contributed by atoms with Gasteiger partial charge in [-0.15, -0.1) is 0 Å². The zero-order valence-corrected chi connectivity index (χ0v) is 12.5. The van der Waals surface area contributed by atoms with Gasteiger partial charge in [0.2, 0.25) is 0 Å². The highest BCUT2D eigenvalue weighted by Crippen LogP contribution is 2.20. The van der Waals surface area contributed by atoms with Crippen molar-refractivity contribution in [3.05, 3.63) is 56.2 Å². The van der Waals surface area contributed by atoms with E-state index in [0.29, 0.717) is 16.4 Å². The second kappa shape index (κ2) is 5.67. The van der Waals surface area contributed by atoms with Crippen LogP contribution >= 0.6 is 34.2 Å². The van der Waals surface area contributed by atoms with Crippen LogP contribution in [0.15, 0.2) is 36.4 Å². The van der Waals surface area contributed by atoms with Crippen molar-refractivity contribution in [1.82, 2.24) is 4.98 Å². The van der Waals surface area contributed by atoms with Gasteiger partial charge in [0.15, 0.2) is 0 Å². The lowest BCUT2D eigenvalue weighted by molar-refractivity contribution is 0.102. The minimum atomic E-state index is -0.253. The van der Waals surface area contributed by atoms with Crippen LogP contribution in [0.25, 0.3) is 0 Å². The summed E-state index contributed by atoms with van der Waals surface area (Å²) in [6.45, 7) is 1.87. The number of halogens is 2. The second-order valence-electron chi connectivity index (χ2n) is 3.74. The molecule has 0 unspecified atom stereocenters. The number of rotatable bonds is 2. The maximum Gasteiger partial charge on any atom is 0.258 e. The molecule has 1 heterocycles. The molecule has 92 valence electrons. The van der Waals surface area contributed by atoms with E-state index < -0.39 is 0 Å². The third-order valence-electron chi connectivity index (χ3n) is 2.30. The standard InChI is InChI=1S/C13H10ClIN2O/c1-8-3-2-4-12(16-8)17-13(18)10-7-9(15)5-6-11(10)14/h2-7H,1H3,(H,16,17,18). The van der Waals surface area contributed by atoms with Crippen LogP contribution in [0.4, 0.5) is 5.82 Å². The number of hydrogen-bond acceptors (Lipinski definition) is 2. The summed E-state index contributed by atoms with van der Waals surface area (Å²) < 4.78 is 0.958. The molecule has 5 heteroatoms. The number of aryl methyl sites for hydroxylation is 1. The van der Waals surface area contributed by atoms with Gasteiger partial charge in [0.1, 0.15) is 5.82 Å². The predicted molar refractivity (Wildman–Crippen MR) is 81.1 cm³/mol. The van der Waals surface area contributed by atoms with Crippen LogP contribution in [0, 0.1) is 10.5 Å². The number of pyridine rings is 1. The van der Waals surface area contributed by atoms with Crippen molar-refractivity contribution >= 4 is 45.9 Å². The smallest absolute Gasteiger partial charge is 0.258 e. The highest BCUT2D eigenvalue weighted by Gasteiger charge is 2.11. The zero-order valence-electron chi connectivity index (χ0n) is 9.58. The van der Waals surface area contributed by atoms with Crippen molar-refractivity contribution in [2.75, 3.05) is 5.32 Å². The molecule has 3 nitrogen and oxygen atoms in total. The van der Waals surface area contributed by atoms with Gasteiger partial charge in [-0.3, -0.25) is 4.79 Å². The Bertz CT molecular complexity index is 601. The summed E-state index contributed by atoms with van der Waals surface area (Å²) in [5.74, 6) is 0.270. The molecule has 1 N–H and O–H groups in total.